The van der Waals surface area contributed by atoms with Crippen molar-refractivity contribution in [1.82, 2.24) is 0 Å². The van der Waals surface area contributed by atoms with Crippen molar-refractivity contribution in [2.24, 2.45) is 5.73 Å². The number of hydrogen-bond acceptors (Lipinski definition) is 2. The Labute approximate surface area is 85.1 Å². The van der Waals surface area contributed by atoms with Gasteiger partial charge in [-0.25, -0.2) is 0 Å². The zero-order chi connectivity index (χ0) is 10.6. The maximum Gasteiger partial charge on any atom is 0.115 e. The molecule has 0 amide bonds. The third-order valence-electron chi connectivity index (χ3n) is 2.26. The molecular formula is C12H17NO. The van der Waals surface area contributed by atoms with Gasteiger partial charge in [0.25, 0.3) is 0 Å². The second-order valence-corrected chi connectivity index (χ2v) is 3.49. The van der Waals surface area contributed by atoms with Gasteiger partial charge in [0.05, 0.1) is 0 Å². The predicted molar refractivity (Wildman–Crippen MR) is 59.8 cm³/mol. The number of nitrogens with two attached hydrogens (primary N) is 1. The lowest BCUT2D eigenvalue weighted by molar-refractivity contribution is 0.475. The van der Waals surface area contributed by atoms with Crippen LogP contribution in [0.2, 0.25) is 0 Å². The van der Waals surface area contributed by atoms with E-state index in [4.69, 9.17) is 10.8 Å². The molecule has 2 nitrogen and oxygen atoms in total. The van der Waals surface area contributed by atoms with E-state index in [1.165, 1.54) is 5.57 Å². The minimum Gasteiger partial charge on any atom is -0.508 e. The third-order valence-corrected chi connectivity index (χ3v) is 2.26. The third kappa shape index (κ3) is 2.52. The van der Waals surface area contributed by atoms with Crippen molar-refractivity contribution in [2.75, 3.05) is 0 Å². The molecule has 2 heteroatoms. The maximum atomic E-state index is 9.12. The quantitative estimate of drug-likeness (QED) is 0.771. The SMILES string of the molecule is CCC/C(C)=C(\N)c1ccc(O)cc1. The van der Waals surface area contributed by atoms with Gasteiger partial charge in [0.15, 0.2) is 0 Å². The van der Waals surface area contributed by atoms with E-state index in [0.29, 0.717) is 0 Å². The summed E-state index contributed by atoms with van der Waals surface area (Å²) in [5.41, 5.74) is 8.99. The molecule has 0 aromatic heterocycles. The molecule has 1 aromatic carbocycles. The molecule has 0 bridgehead atoms. The molecule has 0 saturated carbocycles. The first-order valence-corrected chi connectivity index (χ1v) is 4.89. The van der Waals surface area contributed by atoms with Gasteiger partial charge >= 0.3 is 0 Å². The van der Waals surface area contributed by atoms with Crippen molar-refractivity contribution in [3.05, 3.63) is 35.4 Å². The Morgan fingerprint density at radius 3 is 2.36 bits per heavy atom. The minimum absolute atomic E-state index is 0.273. The molecule has 0 aliphatic carbocycles. The first kappa shape index (κ1) is 10.6. The fourth-order valence-electron chi connectivity index (χ4n) is 1.40. The van der Waals surface area contributed by atoms with Crippen molar-refractivity contribution in [3.8, 4) is 5.75 Å². The summed E-state index contributed by atoms with van der Waals surface area (Å²) in [6.45, 7) is 4.18. The molecule has 0 fully saturated rings. The monoisotopic (exact) mass is 191 g/mol. The van der Waals surface area contributed by atoms with E-state index >= 15 is 0 Å². The average molecular weight is 191 g/mol. The predicted octanol–water partition coefficient (Wildman–Crippen LogP) is 2.88. The van der Waals surface area contributed by atoms with Crippen LogP contribution in [0.5, 0.6) is 5.75 Å². The van der Waals surface area contributed by atoms with Crippen LogP contribution in [-0.4, -0.2) is 5.11 Å². The highest BCUT2D eigenvalue weighted by molar-refractivity contribution is 5.65. The largest absolute Gasteiger partial charge is 0.508 e. The molecule has 1 rings (SSSR count). The summed E-state index contributed by atoms with van der Waals surface area (Å²) in [6.07, 6.45) is 2.12. The van der Waals surface area contributed by atoms with Crippen LogP contribution in [-0.2, 0) is 0 Å². The Morgan fingerprint density at radius 2 is 1.86 bits per heavy atom. The van der Waals surface area contributed by atoms with Gasteiger partial charge in [-0.2, -0.15) is 0 Å². The van der Waals surface area contributed by atoms with Gasteiger partial charge in [0.2, 0.25) is 0 Å². The van der Waals surface area contributed by atoms with Crippen LogP contribution in [0.4, 0.5) is 0 Å². The van der Waals surface area contributed by atoms with Crippen LogP contribution >= 0.6 is 0 Å². The highest BCUT2D eigenvalue weighted by Gasteiger charge is 2.00. The fourth-order valence-corrected chi connectivity index (χ4v) is 1.40. The van der Waals surface area contributed by atoms with Crippen molar-refractivity contribution in [3.63, 3.8) is 0 Å². The van der Waals surface area contributed by atoms with Gasteiger partial charge < -0.3 is 10.8 Å². The molecule has 0 heterocycles. The normalized spacial score (nSPS) is 12.4. The molecule has 0 radical (unpaired) electrons. The lowest BCUT2D eigenvalue weighted by atomic mass is 10.0. The highest BCUT2D eigenvalue weighted by Crippen LogP contribution is 2.19. The zero-order valence-corrected chi connectivity index (χ0v) is 8.75. The maximum absolute atomic E-state index is 9.12. The average Bonchev–Trinajstić information content (AvgIpc) is 2.18. The molecule has 1 aromatic rings. The van der Waals surface area contributed by atoms with E-state index in [1.54, 1.807) is 12.1 Å². The Hall–Kier alpha value is -1.44. The molecule has 0 spiro atoms. The second kappa shape index (κ2) is 4.70. The molecule has 76 valence electrons. The molecule has 0 atom stereocenters. The lowest BCUT2D eigenvalue weighted by Crippen LogP contribution is -1.99. The molecule has 0 unspecified atom stereocenters. The first-order chi connectivity index (χ1) is 6.65. The standard InChI is InChI=1S/C12H17NO/c1-3-4-9(2)12(13)10-5-7-11(14)8-6-10/h5-8,14H,3-4,13H2,1-2H3/b12-9-. The zero-order valence-electron chi connectivity index (χ0n) is 8.75. The van der Waals surface area contributed by atoms with Crippen molar-refractivity contribution < 1.29 is 5.11 Å². The first-order valence-electron chi connectivity index (χ1n) is 4.89. The molecule has 0 aliphatic rings. The number of allylic oxidation sites excluding steroid dienone is 1. The Bertz CT molecular complexity index is 325. The van der Waals surface area contributed by atoms with Crippen LogP contribution in [0.25, 0.3) is 5.70 Å². The summed E-state index contributed by atoms with van der Waals surface area (Å²) in [5.74, 6) is 0.273. The lowest BCUT2D eigenvalue weighted by Gasteiger charge is -2.06. The smallest absolute Gasteiger partial charge is 0.115 e. The van der Waals surface area contributed by atoms with Gasteiger partial charge in [-0.05, 0) is 48.7 Å². The van der Waals surface area contributed by atoms with Gasteiger partial charge in [0, 0.05) is 5.70 Å². The molecule has 0 saturated heterocycles. The second-order valence-electron chi connectivity index (χ2n) is 3.49. The molecule has 14 heavy (non-hydrogen) atoms. The van der Waals surface area contributed by atoms with E-state index in [1.807, 2.05) is 19.1 Å². The van der Waals surface area contributed by atoms with E-state index in [2.05, 4.69) is 6.92 Å². The Morgan fingerprint density at radius 1 is 1.29 bits per heavy atom. The summed E-state index contributed by atoms with van der Waals surface area (Å²) in [7, 11) is 0. The number of aromatic hydroxyl groups is 1. The van der Waals surface area contributed by atoms with Gasteiger partial charge in [-0.3, -0.25) is 0 Å². The van der Waals surface area contributed by atoms with E-state index in [9.17, 15) is 0 Å². The van der Waals surface area contributed by atoms with Crippen LogP contribution in [0.1, 0.15) is 32.3 Å². The topological polar surface area (TPSA) is 46.2 Å². The highest BCUT2D eigenvalue weighted by atomic mass is 16.3. The summed E-state index contributed by atoms with van der Waals surface area (Å²) in [4.78, 5) is 0. The van der Waals surface area contributed by atoms with Gasteiger partial charge in [0.1, 0.15) is 5.75 Å². The summed E-state index contributed by atoms with van der Waals surface area (Å²) >= 11 is 0. The minimum atomic E-state index is 0.273. The van der Waals surface area contributed by atoms with Gasteiger partial charge in [-0.1, -0.05) is 13.3 Å². The number of benzene rings is 1. The molecule has 3 N–H and O–H groups in total. The van der Waals surface area contributed by atoms with E-state index < -0.39 is 0 Å². The van der Waals surface area contributed by atoms with Crippen LogP contribution in [0.3, 0.4) is 0 Å². The van der Waals surface area contributed by atoms with Crippen molar-refractivity contribution in [2.45, 2.75) is 26.7 Å². The van der Waals surface area contributed by atoms with Gasteiger partial charge in [-0.15, -0.1) is 0 Å². The summed E-state index contributed by atoms with van der Waals surface area (Å²) < 4.78 is 0. The Kier molecular flexibility index (Phi) is 3.57. The number of rotatable bonds is 3. The summed E-state index contributed by atoms with van der Waals surface area (Å²) in [6, 6.07) is 6.98. The number of phenolic OH excluding ortho intramolecular Hbond substituents is 1. The number of phenols is 1. The van der Waals surface area contributed by atoms with Crippen LogP contribution < -0.4 is 5.73 Å². The molecular weight excluding hydrogens is 174 g/mol. The number of hydrogen-bond donors (Lipinski definition) is 2. The van der Waals surface area contributed by atoms with Crippen molar-refractivity contribution in [1.29, 1.82) is 0 Å². The van der Waals surface area contributed by atoms with Crippen molar-refractivity contribution >= 4 is 5.70 Å². The van der Waals surface area contributed by atoms with E-state index in [-0.39, 0.29) is 5.75 Å². The Balaban J connectivity index is 2.93. The van der Waals surface area contributed by atoms with Crippen LogP contribution in [0, 0.1) is 0 Å². The summed E-state index contributed by atoms with van der Waals surface area (Å²) in [5, 5.41) is 9.12. The van der Waals surface area contributed by atoms with E-state index in [0.717, 1.165) is 24.1 Å². The molecule has 0 aliphatic heterocycles. The fraction of sp³-hybridized carbons (Fsp3) is 0.333. The van der Waals surface area contributed by atoms with Crippen LogP contribution in [0.15, 0.2) is 29.8 Å².